The molecule has 1 heterocycles. The summed E-state index contributed by atoms with van der Waals surface area (Å²) in [5, 5.41) is 9.99. The Morgan fingerprint density at radius 1 is 1.12 bits per heavy atom. The lowest BCUT2D eigenvalue weighted by Gasteiger charge is -2.23. The van der Waals surface area contributed by atoms with E-state index in [0.717, 1.165) is 59.9 Å². The molecular weight excluding hydrogens is 452 g/mol. The molecule has 1 fully saturated rings. The van der Waals surface area contributed by atoms with Gasteiger partial charge < -0.3 is 15.3 Å². The molecule has 0 aliphatic heterocycles. The van der Waals surface area contributed by atoms with Gasteiger partial charge in [0.2, 0.25) is 5.89 Å². The van der Waals surface area contributed by atoms with E-state index in [1.54, 1.807) is 0 Å². The van der Waals surface area contributed by atoms with E-state index >= 15 is 0 Å². The highest BCUT2D eigenvalue weighted by Crippen LogP contribution is 2.44. The number of aliphatic carboxylic acids is 1. The molecule has 0 saturated heterocycles. The Balaban J connectivity index is 1.84. The van der Waals surface area contributed by atoms with E-state index in [1.807, 2.05) is 24.3 Å². The highest BCUT2D eigenvalue weighted by molar-refractivity contribution is 6.30. The quantitative estimate of drug-likeness (QED) is 0.398. The smallest absolute Gasteiger partial charge is 0.303 e. The number of carbonyl (C=O) groups excluding carboxylic acids is 1. The number of oxazole rings is 1. The molecule has 1 aromatic heterocycles. The first-order valence-corrected chi connectivity index (χ1v) is 12.1. The summed E-state index contributed by atoms with van der Waals surface area (Å²) in [6, 6.07) is 9.87. The number of aromatic nitrogens is 1. The Morgan fingerprint density at radius 3 is 2.44 bits per heavy atom. The number of benzene rings is 2. The average molecular weight is 481 g/mol. The zero-order valence-electron chi connectivity index (χ0n) is 19.3. The van der Waals surface area contributed by atoms with E-state index in [2.05, 4.69) is 18.0 Å². The third kappa shape index (κ3) is 5.33. The van der Waals surface area contributed by atoms with Gasteiger partial charge in [0.1, 0.15) is 6.26 Å². The molecule has 178 valence electrons. The van der Waals surface area contributed by atoms with Crippen molar-refractivity contribution in [3.05, 3.63) is 75.1 Å². The molecule has 2 aromatic carbocycles. The molecule has 6 nitrogen and oxygen atoms in total. The normalized spacial score (nSPS) is 13.9. The van der Waals surface area contributed by atoms with Crippen LogP contribution in [0.4, 0.5) is 0 Å². The standard InChI is InChI=1S/C27H29ClN2O4/c1-16-19(10-13-23(31)32)14-20(9-6-17-7-11-21(28)12-8-17)25(24(16)18-4-2-3-5-18)27-30-22(15-34-27)26(29)33/h7-8,11-12,14-15,18H,2-6,9-10,13H2,1H3,(H2,29,33)(H,31,32). The maximum Gasteiger partial charge on any atom is 0.303 e. The van der Waals surface area contributed by atoms with E-state index in [1.165, 1.54) is 11.8 Å². The third-order valence-corrected chi connectivity index (χ3v) is 7.01. The summed E-state index contributed by atoms with van der Waals surface area (Å²) < 4.78 is 5.79. The van der Waals surface area contributed by atoms with Crippen LogP contribution >= 0.6 is 11.6 Å². The highest BCUT2D eigenvalue weighted by atomic mass is 35.5. The van der Waals surface area contributed by atoms with Crippen LogP contribution in [0.3, 0.4) is 0 Å². The fourth-order valence-electron chi connectivity index (χ4n) is 5.03. The van der Waals surface area contributed by atoms with Crippen LogP contribution in [-0.4, -0.2) is 22.0 Å². The summed E-state index contributed by atoms with van der Waals surface area (Å²) in [6.45, 7) is 2.06. The lowest BCUT2D eigenvalue weighted by molar-refractivity contribution is -0.136. The molecule has 3 aromatic rings. The van der Waals surface area contributed by atoms with Crippen molar-refractivity contribution in [2.45, 2.75) is 64.2 Å². The van der Waals surface area contributed by atoms with Gasteiger partial charge in [-0.15, -0.1) is 0 Å². The number of nitrogens with zero attached hydrogens (tertiary/aromatic N) is 1. The minimum absolute atomic E-state index is 0.0751. The van der Waals surface area contributed by atoms with Gasteiger partial charge in [-0.05, 0) is 84.9 Å². The fraction of sp³-hybridized carbons (Fsp3) is 0.370. The second-order valence-electron chi connectivity index (χ2n) is 9.01. The van der Waals surface area contributed by atoms with Gasteiger partial charge >= 0.3 is 5.97 Å². The van der Waals surface area contributed by atoms with Crippen molar-refractivity contribution >= 4 is 23.5 Å². The third-order valence-electron chi connectivity index (χ3n) is 6.76. The molecular formula is C27H29ClN2O4. The van der Waals surface area contributed by atoms with Gasteiger partial charge in [0.25, 0.3) is 5.91 Å². The highest BCUT2D eigenvalue weighted by Gasteiger charge is 2.28. The van der Waals surface area contributed by atoms with Gasteiger partial charge in [-0.3, -0.25) is 9.59 Å². The number of hydrogen-bond donors (Lipinski definition) is 2. The number of carboxylic acids is 1. The Morgan fingerprint density at radius 2 is 1.82 bits per heavy atom. The molecule has 0 bridgehead atoms. The summed E-state index contributed by atoms with van der Waals surface area (Å²) in [5.74, 6) is -0.699. The van der Waals surface area contributed by atoms with Gasteiger partial charge in [0.15, 0.2) is 5.69 Å². The summed E-state index contributed by atoms with van der Waals surface area (Å²) >= 11 is 6.05. The van der Waals surface area contributed by atoms with Gasteiger partial charge in [-0.2, -0.15) is 0 Å². The van der Waals surface area contributed by atoms with E-state index in [4.69, 9.17) is 21.8 Å². The van der Waals surface area contributed by atoms with Crippen LogP contribution in [0.25, 0.3) is 11.5 Å². The number of carboxylic acid groups (broad SMARTS) is 1. The summed E-state index contributed by atoms with van der Waals surface area (Å²) in [6.07, 6.45) is 7.78. The largest absolute Gasteiger partial charge is 0.481 e. The van der Waals surface area contributed by atoms with Crippen LogP contribution in [0.1, 0.15) is 76.3 Å². The first kappa shape index (κ1) is 24.0. The van der Waals surface area contributed by atoms with Gasteiger partial charge in [-0.25, -0.2) is 4.98 Å². The number of hydrogen-bond acceptors (Lipinski definition) is 4. The number of primary amides is 1. The van der Waals surface area contributed by atoms with Crippen LogP contribution < -0.4 is 5.73 Å². The zero-order chi connectivity index (χ0) is 24.2. The first-order valence-electron chi connectivity index (χ1n) is 11.7. The predicted molar refractivity (Wildman–Crippen MR) is 131 cm³/mol. The number of rotatable bonds is 9. The van der Waals surface area contributed by atoms with Gasteiger partial charge in [0, 0.05) is 17.0 Å². The minimum atomic E-state index is -0.813. The van der Waals surface area contributed by atoms with Crippen molar-refractivity contribution in [3.8, 4) is 11.5 Å². The molecule has 1 aliphatic rings. The number of halogens is 1. The number of aryl methyl sites for hydroxylation is 3. The average Bonchev–Trinajstić information content (AvgIpc) is 3.50. The molecule has 0 unspecified atom stereocenters. The van der Waals surface area contributed by atoms with Crippen molar-refractivity contribution in [1.29, 1.82) is 0 Å². The molecule has 0 spiro atoms. The molecule has 1 aliphatic carbocycles. The predicted octanol–water partition coefficient (Wildman–Crippen LogP) is 5.86. The van der Waals surface area contributed by atoms with Gasteiger partial charge in [-0.1, -0.05) is 42.6 Å². The van der Waals surface area contributed by atoms with Crippen molar-refractivity contribution in [1.82, 2.24) is 4.98 Å². The van der Waals surface area contributed by atoms with Crippen molar-refractivity contribution in [2.75, 3.05) is 0 Å². The van der Waals surface area contributed by atoms with Crippen LogP contribution in [0.15, 0.2) is 41.0 Å². The summed E-state index contributed by atoms with van der Waals surface area (Å²) in [4.78, 5) is 27.5. The Bertz CT molecular complexity index is 1190. The van der Waals surface area contributed by atoms with Crippen LogP contribution in [0, 0.1) is 6.92 Å². The summed E-state index contributed by atoms with van der Waals surface area (Å²) in [5.41, 5.74) is 12.0. The second kappa shape index (κ2) is 10.4. The Hall–Kier alpha value is -3.12. The molecule has 3 N–H and O–H groups in total. The molecule has 4 rings (SSSR count). The first-order chi connectivity index (χ1) is 16.3. The van der Waals surface area contributed by atoms with Crippen molar-refractivity contribution in [2.24, 2.45) is 5.73 Å². The molecule has 1 amide bonds. The SMILES string of the molecule is Cc1c(CCC(=O)O)cc(CCc2ccc(Cl)cc2)c(-c2nc(C(N)=O)co2)c1C1CCCC1. The number of nitrogens with two attached hydrogens (primary N) is 1. The van der Waals surface area contributed by atoms with E-state index in [9.17, 15) is 14.7 Å². The zero-order valence-corrected chi connectivity index (χ0v) is 20.0. The second-order valence-corrected chi connectivity index (χ2v) is 9.45. The van der Waals surface area contributed by atoms with Crippen LogP contribution in [0.5, 0.6) is 0 Å². The Labute approximate surface area is 204 Å². The van der Waals surface area contributed by atoms with E-state index < -0.39 is 11.9 Å². The fourth-order valence-corrected chi connectivity index (χ4v) is 5.16. The lowest BCUT2D eigenvalue weighted by Crippen LogP contribution is -2.12. The molecule has 0 atom stereocenters. The number of amides is 1. The van der Waals surface area contributed by atoms with Gasteiger partial charge in [0.05, 0.1) is 0 Å². The molecule has 1 saturated carbocycles. The van der Waals surface area contributed by atoms with Crippen molar-refractivity contribution < 1.29 is 19.1 Å². The summed E-state index contributed by atoms with van der Waals surface area (Å²) in [7, 11) is 0. The van der Waals surface area contributed by atoms with E-state index in [0.29, 0.717) is 29.7 Å². The Kier molecular flexibility index (Phi) is 7.37. The van der Waals surface area contributed by atoms with Crippen LogP contribution in [0.2, 0.25) is 5.02 Å². The van der Waals surface area contributed by atoms with Crippen LogP contribution in [-0.2, 0) is 24.1 Å². The monoisotopic (exact) mass is 480 g/mol. The molecule has 0 radical (unpaired) electrons. The number of carbonyl (C=O) groups is 2. The molecule has 34 heavy (non-hydrogen) atoms. The topological polar surface area (TPSA) is 106 Å². The minimum Gasteiger partial charge on any atom is -0.481 e. The molecule has 7 heteroatoms. The van der Waals surface area contributed by atoms with Crippen molar-refractivity contribution in [3.63, 3.8) is 0 Å². The lowest BCUT2D eigenvalue weighted by atomic mass is 9.81. The maximum absolute atomic E-state index is 11.7. The van der Waals surface area contributed by atoms with E-state index in [-0.39, 0.29) is 12.1 Å². The maximum atomic E-state index is 11.7.